The monoisotopic (exact) mass is 493 g/mol. The summed E-state index contributed by atoms with van der Waals surface area (Å²) < 4.78 is 30.3. The lowest BCUT2D eigenvalue weighted by atomic mass is 9.98. The number of nitrogens with zero attached hydrogens (tertiary/aromatic N) is 1. The van der Waals surface area contributed by atoms with E-state index in [1.807, 2.05) is 12.1 Å². The molecule has 1 unspecified atom stereocenters. The van der Waals surface area contributed by atoms with Crippen LogP contribution in [0.2, 0.25) is 5.02 Å². The van der Waals surface area contributed by atoms with Crippen molar-refractivity contribution in [2.45, 2.75) is 12.5 Å². The first-order valence-electron chi connectivity index (χ1n) is 10.9. The molecule has 1 aliphatic heterocycles. The fraction of sp³-hybridized carbons (Fsp3) is 0.185. The van der Waals surface area contributed by atoms with Crippen LogP contribution < -0.4 is 14.9 Å². The number of carbonyl (C=O) groups is 1. The molecule has 1 atom stereocenters. The molecular weight excluding hydrogens is 473 g/mol. The van der Waals surface area contributed by atoms with E-state index in [9.17, 15) is 14.0 Å². The molecule has 8 heteroatoms. The van der Waals surface area contributed by atoms with Crippen molar-refractivity contribution in [2.24, 2.45) is 0 Å². The molecule has 1 amide bonds. The average molecular weight is 494 g/mol. The van der Waals surface area contributed by atoms with Crippen molar-refractivity contribution < 1.29 is 23.1 Å². The number of carbonyl (C=O) groups excluding carboxylic acids is 1. The quantitative estimate of drug-likeness (QED) is 0.360. The summed E-state index contributed by atoms with van der Waals surface area (Å²) in [6, 6.07) is 15.3. The zero-order valence-corrected chi connectivity index (χ0v) is 19.8. The van der Waals surface area contributed by atoms with Gasteiger partial charge in [0, 0.05) is 11.6 Å². The molecule has 1 aromatic heterocycles. The minimum absolute atomic E-state index is 0.00791. The topological polar surface area (TPSA) is 69.0 Å². The molecule has 0 saturated carbocycles. The normalized spacial score (nSPS) is 14.9. The van der Waals surface area contributed by atoms with Crippen LogP contribution in [0.4, 0.5) is 4.39 Å². The Labute approximate surface area is 205 Å². The van der Waals surface area contributed by atoms with Crippen LogP contribution in [0.15, 0.2) is 69.9 Å². The Morgan fingerprint density at radius 3 is 2.43 bits per heavy atom. The highest BCUT2D eigenvalue weighted by molar-refractivity contribution is 6.31. The van der Waals surface area contributed by atoms with Gasteiger partial charge in [-0.3, -0.25) is 9.59 Å². The summed E-state index contributed by atoms with van der Waals surface area (Å²) >= 11 is 6.11. The highest BCUT2D eigenvalue weighted by Crippen LogP contribution is 2.39. The smallest absolute Gasteiger partial charge is 0.290 e. The number of fused-ring (bicyclic) bond motifs is 2. The highest BCUT2D eigenvalue weighted by atomic mass is 35.5. The lowest BCUT2D eigenvalue weighted by molar-refractivity contribution is 0.0730. The van der Waals surface area contributed by atoms with E-state index in [0.29, 0.717) is 28.5 Å². The van der Waals surface area contributed by atoms with Crippen LogP contribution in [0.3, 0.4) is 0 Å². The van der Waals surface area contributed by atoms with E-state index in [0.717, 1.165) is 5.56 Å². The Kier molecular flexibility index (Phi) is 5.94. The summed E-state index contributed by atoms with van der Waals surface area (Å²) in [7, 11) is 3.12. The molecule has 0 N–H and O–H groups in total. The minimum Gasteiger partial charge on any atom is -0.493 e. The van der Waals surface area contributed by atoms with E-state index in [-0.39, 0.29) is 34.3 Å². The third-order valence-electron chi connectivity index (χ3n) is 6.20. The van der Waals surface area contributed by atoms with E-state index in [1.165, 1.54) is 18.2 Å². The second-order valence-electron chi connectivity index (χ2n) is 8.21. The van der Waals surface area contributed by atoms with Gasteiger partial charge in [0.05, 0.1) is 31.2 Å². The van der Waals surface area contributed by atoms with E-state index >= 15 is 0 Å². The zero-order chi connectivity index (χ0) is 24.7. The van der Waals surface area contributed by atoms with Gasteiger partial charge in [0.15, 0.2) is 16.9 Å². The first-order valence-corrected chi connectivity index (χ1v) is 11.3. The molecule has 0 spiro atoms. The minimum atomic E-state index is -0.724. The van der Waals surface area contributed by atoms with E-state index in [1.54, 1.807) is 49.5 Å². The van der Waals surface area contributed by atoms with Crippen LogP contribution in [0.25, 0.3) is 11.0 Å². The molecule has 5 rings (SSSR count). The maximum Gasteiger partial charge on any atom is 0.290 e. The van der Waals surface area contributed by atoms with Gasteiger partial charge in [-0.2, -0.15) is 0 Å². The predicted octanol–water partition coefficient (Wildman–Crippen LogP) is 5.39. The van der Waals surface area contributed by atoms with E-state index in [4.69, 9.17) is 25.5 Å². The lowest BCUT2D eigenvalue weighted by Crippen LogP contribution is -2.31. The molecule has 6 nitrogen and oxygen atoms in total. The molecule has 1 aliphatic rings. The van der Waals surface area contributed by atoms with E-state index < -0.39 is 17.8 Å². The largest absolute Gasteiger partial charge is 0.493 e. The number of hydrogen-bond acceptors (Lipinski definition) is 5. The maximum absolute atomic E-state index is 13.7. The van der Waals surface area contributed by atoms with Gasteiger partial charge in [0.25, 0.3) is 5.91 Å². The Morgan fingerprint density at radius 1 is 0.971 bits per heavy atom. The molecule has 178 valence electrons. The SMILES string of the molecule is COc1ccc(CCN2C(=O)c3oc4ccc(Cl)cc4c(=O)c3C2c2ccc(F)cc2)cc1OC. The Hall–Kier alpha value is -3.84. The highest BCUT2D eigenvalue weighted by Gasteiger charge is 2.42. The fourth-order valence-corrected chi connectivity index (χ4v) is 4.67. The summed E-state index contributed by atoms with van der Waals surface area (Å²) in [6.45, 7) is 0.289. The summed E-state index contributed by atoms with van der Waals surface area (Å²) in [5, 5.41) is 0.676. The van der Waals surface area contributed by atoms with Crippen molar-refractivity contribution in [2.75, 3.05) is 20.8 Å². The van der Waals surface area contributed by atoms with Crippen LogP contribution in [-0.4, -0.2) is 31.6 Å². The second-order valence-corrected chi connectivity index (χ2v) is 8.64. The Balaban J connectivity index is 1.58. The molecule has 4 aromatic rings. The standard InChI is InChI=1S/C27H21ClFNO5/c1-33-21-9-3-15(13-22(21)34-2)11-12-30-24(16-4-7-18(29)8-5-16)23-25(31)19-14-17(28)6-10-20(19)35-26(23)27(30)32/h3-10,13-14,24H,11-12H2,1-2H3. The van der Waals surface area contributed by atoms with Crippen molar-refractivity contribution >= 4 is 28.5 Å². The second kappa shape index (κ2) is 9.07. The number of rotatable bonds is 6. The number of ether oxygens (including phenoxy) is 2. The van der Waals surface area contributed by atoms with Crippen LogP contribution in [0, 0.1) is 5.82 Å². The van der Waals surface area contributed by atoms with E-state index in [2.05, 4.69) is 0 Å². The number of halogens is 2. The molecular formula is C27H21ClFNO5. The van der Waals surface area contributed by atoms with Gasteiger partial charge in [0.1, 0.15) is 11.4 Å². The molecule has 2 heterocycles. The average Bonchev–Trinajstić information content (AvgIpc) is 3.15. The molecule has 0 fully saturated rings. The number of amides is 1. The number of methoxy groups -OCH3 is 2. The number of benzene rings is 3. The van der Waals surface area contributed by atoms with Crippen LogP contribution in [0.1, 0.15) is 33.3 Å². The third-order valence-corrected chi connectivity index (χ3v) is 6.44. The van der Waals surface area contributed by atoms with Crippen molar-refractivity contribution in [3.8, 4) is 11.5 Å². The molecule has 3 aromatic carbocycles. The van der Waals surface area contributed by atoms with Gasteiger partial charge in [0.2, 0.25) is 5.76 Å². The van der Waals surface area contributed by atoms with Gasteiger partial charge in [-0.25, -0.2) is 4.39 Å². The van der Waals surface area contributed by atoms with Gasteiger partial charge in [-0.05, 0) is 60.0 Å². The summed E-state index contributed by atoms with van der Waals surface area (Å²) in [5.74, 6) is 0.365. The summed E-state index contributed by atoms with van der Waals surface area (Å²) in [4.78, 5) is 28.6. The van der Waals surface area contributed by atoms with Crippen molar-refractivity contribution in [3.63, 3.8) is 0 Å². The van der Waals surface area contributed by atoms with Gasteiger partial charge < -0.3 is 18.8 Å². The summed E-state index contributed by atoms with van der Waals surface area (Å²) in [6.07, 6.45) is 0.483. The lowest BCUT2D eigenvalue weighted by Gasteiger charge is -2.25. The molecule has 0 aliphatic carbocycles. The van der Waals surface area contributed by atoms with Crippen LogP contribution >= 0.6 is 11.6 Å². The zero-order valence-electron chi connectivity index (χ0n) is 19.0. The van der Waals surface area contributed by atoms with Gasteiger partial charge in [-0.15, -0.1) is 0 Å². The van der Waals surface area contributed by atoms with Gasteiger partial charge in [-0.1, -0.05) is 29.8 Å². The van der Waals surface area contributed by atoms with Crippen molar-refractivity contribution in [1.82, 2.24) is 4.90 Å². The Morgan fingerprint density at radius 2 is 1.71 bits per heavy atom. The number of hydrogen-bond donors (Lipinski definition) is 0. The molecule has 35 heavy (non-hydrogen) atoms. The molecule has 0 radical (unpaired) electrons. The van der Waals surface area contributed by atoms with Crippen molar-refractivity contribution in [1.29, 1.82) is 0 Å². The van der Waals surface area contributed by atoms with Crippen molar-refractivity contribution in [3.05, 3.63) is 104 Å². The molecule has 0 bridgehead atoms. The maximum atomic E-state index is 13.7. The van der Waals surface area contributed by atoms with Crippen LogP contribution in [0.5, 0.6) is 11.5 Å². The van der Waals surface area contributed by atoms with Gasteiger partial charge >= 0.3 is 0 Å². The first kappa shape index (κ1) is 22.9. The molecule has 0 saturated heterocycles. The third kappa shape index (κ3) is 4.02. The first-order chi connectivity index (χ1) is 16.9. The fourth-order valence-electron chi connectivity index (χ4n) is 4.50. The van der Waals surface area contributed by atoms with Crippen LogP contribution in [-0.2, 0) is 6.42 Å². The predicted molar refractivity (Wildman–Crippen MR) is 130 cm³/mol. The Bertz CT molecular complexity index is 1500. The summed E-state index contributed by atoms with van der Waals surface area (Å²) in [5.41, 5.74) is 1.70.